The molecule has 0 saturated carbocycles. The van der Waals surface area contributed by atoms with E-state index in [1.165, 1.54) is 6.07 Å². The van der Waals surface area contributed by atoms with Gasteiger partial charge >= 0.3 is 0 Å². The van der Waals surface area contributed by atoms with Gasteiger partial charge in [-0.05, 0) is 54.7 Å². The highest BCUT2D eigenvalue weighted by Gasteiger charge is 2.08. The third-order valence-electron chi connectivity index (χ3n) is 3.76. The van der Waals surface area contributed by atoms with E-state index in [0.717, 1.165) is 11.3 Å². The molecule has 0 saturated heterocycles. The van der Waals surface area contributed by atoms with Crippen LogP contribution in [0.3, 0.4) is 0 Å². The van der Waals surface area contributed by atoms with Gasteiger partial charge in [0.05, 0.1) is 5.02 Å². The van der Waals surface area contributed by atoms with Crippen LogP contribution in [0.15, 0.2) is 72.8 Å². The van der Waals surface area contributed by atoms with Crippen LogP contribution >= 0.6 is 23.8 Å². The van der Waals surface area contributed by atoms with E-state index < -0.39 is 0 Å². The first-order valence-corrected chi connectivity index (χ1v) is 9.27. The molecule has 3 rings (SSSR count). The minimum Gasteiger partial charge on any atom is -0.489 e. The summed E-state index contributed by atoms with van der Waals surface area (Å²) < 4.78 is 19.5. The molecular formula is C21H18ClFN3OS+. The van der Waals surface area contributed by atoms with Crippen molar-refractivity contribution >= 4 is 40.8 Å². The topological polar surface area (TPSA) is 47.3 Å². The Balaban J connectivity index is 1.55. The second-order valence-corrected chi connectivity index (χ2v) is 6.61. The maximum Gasteiger partial charge on any atom is 0.228 e. The van der Waals surface area contributed by atoms with Crippen LogP contribution in [0.1, 0.15) is 11.1 Å². The molecule has 3 aromatic rings. The van der Waals surface area contributed by atoms with Crippen molar-refractivity contribution in [3.8, 4) is 5.75 Å². The molecule has 0 aliphatic carbocycles. The fraction of sp³-hybridized carbons (Fsp3) is 0.0476. The fourth-order valence-electron chi connectivity index (χ4n) is 2.39. The summed E-state index contributed by atoms with van der Waals surface area (Å²) in [5, 5.41) is 6.75. The summed E-state index contributed by atoms with van der Waals surface area (Å²) in [5.74, 6) is 0.209. The first-order chi connectivity index (χ1) is 13.6. The number of rotatable bonds is 6. The number of ether oxygens (including phenoxy) is 1. The molecule has 0 atom stereocenters. The van der Waals surface area contributed by atoms with Gasteiger partial charge in [0.1, 0.15) is 18.2 Å². The van der Waals surface area contributed by atoms with E-state index >= 15 is 0 Å². The van der Waals surface area contributed by atoms with Gasteiger partial charge in [-0.1, -0.05) is 41.9 Å². The number of thiocarbonyl (C=S) groups is 1. The molecule has 28 heavy (non-hydrogen) atoms. The number of benzene rings is 3. The maximum absolute atomic E-state index is 13.8. The summed E-state index contributed by atoms with van der Waals surface area (Å²) in [6.07, 6.45) is 1.74. The molecule has 0 radical (unpaired) electrons. The van der Waals surface area contributed by atoms with Gasteiger partial charge in [-0.2, -0.15) is 0 Å². The van der Waals surface area contributed by atoms with Crippen LogP contribution in [0.4, 0.5) is 10.1 Å². The minimum atomic E-state index is -0.388. The van der Waals surface area contributed by atoms with Crippen LogP contribution < -0.4 is 20.6 Å². The Hall–Kier alpha value is -2.96. The second-order valence-electron chi connectivity index (χ2n) is 5.80. The Bertz CT molecular complexity index is 962. The molecule has 0 spiro atoms. The first-order valence-electron chi connectivity index (χ1n) is 8.48. The van der Waals surface area contributed by atoms with Crippen LogP contribution in [0.5, 0.6) is 5.75 Å². The standard InChI is InChI=1S/C21H17ClFN3OS/c22-19-10-5-11-20(23)18(19)14-27-17-9-4-6-15(12-17)13-24-26-21(28)25-16-7-2-1-3-8-16/h1-13H,14H2,(H2,25,26,28)/p+1. The summed E-state index contributed by atoms with van der Waals surface area (Å²) in [6, 6.07) is 21.5. The van der Waals surface area contributed by atoms with E-state index in [2.05, 4.69) is 15.8 Å². The van der Waals surface area contributed by atoms with Crippen molar-refractivity contribution in [1.82, 2.24) is 5.43 Å². The lowest BCUT2D eigenvalue weighted by atomic mass is 10.2. The number of hydrazine groups is 1. The number of hydrazone groups is 1. The zero-order valence-corrected chi connectivity index (χ0v) is 16.4. The highest BCUT2D eigenvalue weighted by molar-refractivity contribution is 7.80. The van der Waals surface area contributed by atoms with E-state index in [-0.39, 0.29) is 12.4 Å². The van der Waals surface area contributed by atoms with E-state index in [4.69, 9.17) is 28.6 Å². The normalized spacial score (nSPS) is 10.6. The molecule has 0 aromatic heterocycles. The van der Waals surface area contributed by atoms with Gasteiger partial charge in [-0.3, -0.25) is 0 Å². The van der Waals surface area contributed by atoms with Crippen molar-refractivity contribution in [3.63, 3.8) is 0 Å². The Labute approximate surface area is 173 Å². The summed E-state index contributed by atoms with van der Waals surface area (Å²) in [4.78, 5) is 0. The Kier molecular flexibility index (Phi) is 6.94. The SMILES string of the molecule is Fc1cccc(Cl)c1COc1cccc(C=[NH+]NC(=S)Nc2ccccc2)c1. The van der Waals surface area contributed by atoms with Gasteiger partial charge in [0.25, 0.3) is 0 Å². The largest absolute Gasteiger partial charge is 0.489 e. The number of para-hydroxylation sites is 1. The molecule has 0 unspecified atom stereocenters. The lowest BCUT2D eigenvalue weighted by Gasteiger charge is -2.09. The number of hydrogen-bond donors (Lipinski definition) is 3. The smallest absolute Gasteiger partial charge is 0.228 e. The molecule has 0 bridgehead atoms. The summed E-state index contributed by atoms with van der Waals surface area (Å²) in [5.41, 5.74) is 4.95. The number of halogens is 2. The monoisotopic (exact) mass is 414 g/mol. The van der Waals surface area contributed by atoms with Gasteiger partial charge in [-0.15, -0.1) is 10.5 Å². The average Bonchev–Trinajstić information content (AvgIpc) is 2.69. The average molecular weight is 415 g/mol. The van der Waals surface area contributed by atoms with Crippen LogP contribution in [0, 0.1) is 5.82 Å². The maximum atomic E-state index is 13.8. The summed E-state index contributed by atoms with van der Waals surface area (Å²) in [7, 11) is 0. The van der Waals surface area contributed by atoms with Crippen molar-refractivity contribution in [2.24, 2.45) is 0 Å². The molecule has 3 N–H and O–H groups in total. The first kappa shape index (κ1) is 19.8. The van der Waals surface area contributed by atoms with E-state index in [1.807, 2.05) is 48.5 Å². The zero-order chi connectivity index (χ0) is 19.8. The van der Waals surface area contributed by atoms with E-state index in [1.54, 1.807) is 24.4 Å². The minimum absolute atomic E-state index is 0.0473. The fourth-order valence-corrected chi connectivity index (χ4v) is 2.78. The van der Waals surface area contributed by atoms with E-state index in [9.17, 15) is 4.39 Å². The van der Waals surface area contributed by atoms with Gasteiger partial charge in [0, 0.05) is 16.8 Å². The van der Waals surface area contributed by atoms with Gasteiger partial charge in [0.2, 0.25) is 5.11 Å². The predicted molar refractivity (Wildman–Crippen MR) is 114 cm³/mol. The van der Waals surface area contributed by atoms with Crippen LogP contribution in [0.2, 0.25) is 5.02 Å². The van der Waals surface area contributed by atoms with Crippen molar-refractivity contribution in [2.45, 2.75) is 6.61 Å². The van der Waals surface area contributed by atoms with E-state index in [0.29, 0.717) is 21.4 Å². The number of nitrogens with one attached hydrogen (secondary N) is 3. The van der Waals surface area contributed by atoms with Crippen molar-refractivity contribution in [3.05, 3.63) is 94.8 Å². The lowest BCUT2D eigenvalue weighted by molar-refractivity contribution is -0.499. The summed E-state index contributed by atoms with van der Waals surface area (Å²) in [6.45, 7) is 0.0473. The number of hydrogen-bond acceptors (Lipinski definition) is 2. The Morgan fingerprint density at radius 1 is 1.07 bits per heavy atom. The van der Waals surface area contributed by atoms with Crippen molar-refractivity contribution < 1.29 is 14.2 Å². The third kappa shape index (κ3) is 5.77. The molecular weight excluding hydrogens is 397 g/mol. The third-order valence-corrected chi connectivity index (χ3v) is 4.32. The van der Waals surface area contributed by atoms with Gasteiger partial charge in [-0.25, -0.2) is 4.39 Å². The Morgan fingerprint density at radius 2 is 1.86 bits per heavy atom. The van der Waals surface area contributed by atoms with Crippen LogP contribution in [-0.2, 0) is 6.61 Å². The molecule has 3 aromatic carbocycles. The van der Waals surface area contributed by atoms with Gasteiger partial charge < -0.3 is 10.1 Å². The van der Waals surface area contributed by atoms with Crippen LogP contribution in [0.25, 0.3) is 0 Å². The van der Waals surface area contributed by atoms with Gasteiger partial charge in [0.15, 0.2) is 6.21 Å². The molecule has 0 fully saturated rings. The highest BCUT2D eigenvalue weighted by Crippen LogP contribution is 2.21. The second kappa shape index (κ2) is 9.82. The predicted octanol–water partition coefficient (Wildman–Crippen LogP) is 3.46. The molecule has 4 nitrogen and oxygen atoms in total. The molecule has 0 heterocycles. The van der Waals surface area contributed by atoms with Crippen molar-refractivity contribution in [2.75, 3.05) is 5.32 Å². The summed E-state index contributed by atoms with van der Waals surface area (Å²) >= 11 is 11.2. The molecule has 7 heteroatoms. The number of anilines is 1. The highest BCUT2D eigenvalue weighted by atomic mass is 35.5. The van der Waals surface area contributed by atoms with Crippen molar-refractivity contribution in [1.29, 1.82) is 0 Å². The molecule has 0 aliphatic rings. The Morgan fingerprint density at radius 3 is 2.64 bits per heavy atom. The molecule has 0 amide bonds. The van der Waals surface area contributed by atoms with Crippen LogP contribution in [-0.4, -0.2) is 11.3 Å². The zero-order valence-electron chi connectivity index (χ0n) is 14.8. The molecule has 142 valence electrons. The molecule has 0 aliphatic heterocycles. The quantitative estimate of drug-likeness (QED) is 0.328. The lowest BCUT2D eigenvalue weighted by Crippen LogP contribution is -2.82.